The zero-order valence-electron chi connectivity index (χ0n) is 18.9. The van der Waals surface area contributed by atoms with Crippen LogP contribution in [0.4, 0.5) is 0 Å². The minimum atomic E-state index is -0.354. The van der Waals surface area contributed by atoms with Crippen molar-refractivity contribution in [2.75, 3.05) is 6.61 Å². The van der Waals surface area contributed by atoms with Gasteiger partial charge in [-0.2, -0.15) is 0 Å². The molecule has 0 atom stereocenters. The molecule has 3 aromatic carbocycles. The number of halogens is 1. The Balaban J connectivity index is 1.75. The average molecular weight is 555 g/mol. The van der Waals surface area contributed by atoms with Gasteiger partial charge in [-0.15, -0.1) is 0 Å². The number of hydrogen-bond acceptors (Lipinski definition) is 4. The fraction of sp³-hybridized carbons (Fsp3) is 0.222. The van der Waals surface area contributed by atoms with Crippen molar-refractivity contribution < 1.29 is 19.0 Å². The molecular formula is C27H26INO4. The first kappa shape index (κ1) is 23.2. The lowest BCUT2D eigenvalue weighted by Crippen LogP contribution is -2.12. The quantitative estimate of drug-likeness (QED) is 0.178. The van der Waals surface area contributed by atoms with Crippen LogP contribution in [0.3, 0.4) is 0 Å². The van der Waals surface area contributed by atoms with Gasteiger partial charge in [0.15, 0.2) is 0 Å². The summed E-state index contributed by atoms with van der Waals surface area (Å²) >= 11 is 2.22. The third-order valence-electron chi connectivity index (χ3n) is 5.06. The summed E-state index contributed by atoms with van der Waals surface area (Å²) < 4.78 is 20.0. The SMILES string of the molecule is CCOC(=O)c1c(I)c2cc(OCc3ccccc3)ccc2n1-c1ccc(OC(C)C)cc1. The van der Waals surface area contributed by atoms with Gasteiger partial charge in [0.2, 0.25) is 0 Å². The molecule has 0 aliphatic heterocycles. The molecule has 4 rings (SSSR count). The van der Waals surface area contributed by atoms with Gasteiger partial charge in [-0.1, -0.05) is 30.3 Å². The second-order valence-electron chi connectivity index (χ2n) is 7.83. The lowest BCUT2D eigenvalue weighted by molar-refractivity contribution is 0.0516. The molecule has 0 aliphatic rings. The first-order valence-electron chi connectivity index (χ1n) is 10.9. The van der Waals surface area contributed by atoms with Crippen LogP contribution in [0.2, 0.25) is 0 Å². The summed E-state index contributed by atoms with van der Waals surface area (Å²) in [5.74, 6) is 1.18. The number of fused-ring (bicyclic) bond motifs is 1. The summed E-state index contributed by atoms with van der Waals surface area (Å²) in [5.41, 5.74) is 3.37. The predicted octanol–water partition coefficient (Wildman–Crippen LogP) is 6.78. The number of esters is 1. The van der Waals surface area contributed by atoms with Crippen molar-refractivity contribution >= 4 is 39.5 Å². The van der Waals surface area contributed by atoms with Crippen molar-refractivity contribution in [2.45, 2.75) is 33.5 Å². The summed E-state index contributed by atoms with van der Waals surface area (Å²) in [7, 11) is 0. The Morgan fingerprint density at radius 1 is 0.970 bits per heavy atom. The molecule has 0 saturated heterocycles. The maximum absolute atomic E-state index is 12.9. The van der Waals surface area contributed by atoms with E-state index in [-0.39, 0.29) is 12.1 Å². The summed E-state index contributed by atoms with van der Waals surface area (Å²) in [6.45, 7) is 6.58. The lowest BCUT2D eigenvalue weighted by Gasteiger charge is -2.13. The maximum atomic E-state index is 12.9. The van der Waals surface area contributed by atoms with Gasteiger partial charge in [0, 0.05) is 11.1 Å². The molecule has 33 heavy (non-hydrogen) atoms. The molecule has 0 N–H and O–H groups in total. The third kappa shape index (κ3) is 5.16. The van der Waals surface area contributed by atoms with Crippen LogP contribution in [-0.2, 0) is 11.3 Å². The monoisotopic (exact) mass is 555 g/mol. The molecule has 0 bridgehead atoms. The molecule has 0 amide bonds. The normalized spacial score (nSPS) is 11.1. The number of ether oxygens (including phenoxy) is 3. The minimum absolute atomic E-state index is 0.0913. The molecular weight excluding hydrogens is 529 g/mol. The molecule has 0 spiro atoms. The van der Waals surface area contributed by atoms with Crippen LogP contribution in [0.1, 0.15) is 36.8 Å². The van der Waals surface area contributed by atoms with E-state index in [9.17, 15) is 4.79 Å². The van der Waals surface area contributed by atoms with Crippen LogP contribution in [0.25, 0.3) is 16.6 Å². The molecule has 0 fully saturated rings. The smallest absolute Gasteiger partial charge is 0.356 e. The zero-order chi connectivity index (χ0) is 23.4. The highest BCUT2D eigenvalue weighted by atomic mass is 127. The fourth-order valence-corrected chi connectivity index (χ4v) is 4.55. The number of carbonyl (C=O) groups excluding carboxylic acids is 1. The lowest BCUT2D eigenvalue weighted by atomic mass is 10.2. The molecule has 0 unspecified atom stereocenters. The molecule has 0 saturated carbocycles. The Morgan fingerprint density at radius 2 is 1.67 bits per heavy atom. The highest BCUT2D eigenvalue weighted by molar-refractivity contribution is 14.1. The molecule has 1 heterocycles. The first-order valence-corrected chi connectivity index (χ1v) is 12.0. The Bertz CT molecular complexity index is 1250. The van der Waals surface area contributed by atoms with Gasteiger partial charge in [-0.3, -0.25) is 0 Å². The molecule has 0 radical (unpaired) electrons. The Hall–Kier alpha value is -3.00. The third-order valence-corrected chi connectivity index (χ3v) is 6.15. The van der Waals surface area contributed by atoms with E-state index in [1.165, 1.54) is 0 Å². The maximum Gasteiger partial charge on any atom is 0.356 e. The van der Waals surface area contributed by atoms with Crippen molar-refractivity contribution in [3.8, 4) is 17.2 Å². The highest BCUT2D eigenvalue weighted by Gasteiger charge is 2.24. The van der Waals surface area contributed by atoms with Crippen LogP contribution < -0.4 is 9.47 Å². The second kappa shape index (κ2) is 10.3. The van der Waals surface area contributed by atoms with Gasteiger partial charge < -0.3 is 18.8 Å². The predicted molar refractivity (Wildman–Crippen MR) is 138 cm³/mol. The van der Waals surface area contributed by atoms with Crippen molar-refractivity contribution in [3.63, 3.8) is 0 Å². The standard InChI is InChI=1S/C27H26INO4/c1-4-31-27(30)26-25(28)23-16-22(32-17-19-8-6-5-7-9-19)14-15-24(23)29(26)20-10-12-21(13-11-20)33-18(2)3/h5-16,18H,4,17H2,1-3H3. The summed E-state index contributed by atoms with van der Waals surface area (Å²) in [5, 5.41) is 0.937. The molecule has 6 heteroatoms. The Kier molecular flexibility index (Phi) is 7.23. The number of carbonyl (C=O) groups is 1. The molecule has 1 aromatic heterocycles. The topological polar surface area (TPSA) is 49.7 Å². The van der Waals surface area contributed by atoms with Gasteiger partial charge in [-0.05, 0) is 91.4 Å². The van der Waals surface area contributed by atoms with E-state index in [0.29, 0.717) is 18.9 Å². The number of hydrogen-bond donors (Lipinski definition) is 0. The van der Waals surface area contributed by atoms with Crippen molar-refractivity contribution in [2.24, 2.45) is 0 Å². The van der Waals surface area contributed by atoms with Crippen LogP contribution in [0.15, 0.2) is 72.8 Å². The molecule has 0 aliphatic carbocycles. The number of benzene rings is 3. The van der Waals surface area contributed by atoms with Gasteiger partial charge in [-0.25, -0.2) is 4.79 Å². The molecule has 170 valence electrons. The first-order chi connectivity index (χ1) is 16.0. The summed E-state index contributed by atoms with van der Waals surface area (Å²) in [6.07, 6.45) is 0.0913. The molecule has 5 nitrogen and oxygen atoms in total. The summed E-state index contributed by atoms with van der Waals surface area (Å²) in [4.78, 5) is 12.9. The van der Waals surface area contributed by atoms with E-state index in [1.807, 2.05) is 98.1 Å². The van der Waals surface area contributed by atoms with Crippen molar-refractivity contribution in [1.82, 2.24) is 4.57 Å². The average Bonchev–Trinajstić information content (AvgIpc) is 3.10. The van der Waals surface area contributed by atoms with Gasteiger partial charge in [0.25, 0.3) is 0 Å². The fourth-order valence-electron chi connectivity index (χ4n) is 3.66. The van der Waals surface area contributed by atoms with Gasteiger partial charge in [0.1, 0.15) is 23.8 Å². The zero-order valence-corrected chi connectivity index (χ0v) is 21.0. The Morgan fingerprint density at radius 3 is 2.33 bits per heavy atom. The van der Waals surface area contributed by atoms with E-state index in [4.69, 9.17) is 14.2 Å². The number of aromatic nitrogens is 1. The second-order valence-corrected chi connectivity index (χ2v) is 8.91. The largest absolute Gasteiger partial charge is 0.491 e. The minimum Gasteiger partial charge on any atom is -0.491 e. The van der Waals surface area contributed by atoms with Crippen molar-refractivity contribution in [3.05, 3.63) is 87.6 Å². The van der Waals surface area contributed by atoms with E-state index in [0.717, 1.165) is 37.2 Å². The van der Waals surface area contributed by atoms with E-state index < -0.39 is 0 Å². The molecule has 4 aromatic rings. The van der Waals surface area contributed by atoms with E-state index in [1.54, 1.807) is 0 Å². The van der Waals surface area contributed by atoms with Crippen LogP contribution >= 0.6 is 22.6 Å². The van der Waals surface area contributed by atoms with E-state index >= 15 is 0 Å². The van der Waals surface area contributed by atoms with Gasteiger partial charge in [0.05, 0.1) is 21.8 Å². The highest BCUT2D eigenvalue weighted by Crippen LogP contribution is 2.34. The van der Waals surface area contributed by atoms with Gasteiger partial charge >= 0.3 is 5.97 Å². The summed E-state index contributed by atoms with van der Waals surface area (Å²) in [6, 6.07) is 23.7. The Labute approximate surface area is 207 Å². The number of nitrogens with zero attached hydrogens (tertiary/aromatic N) is 1. The van der Waals surface area contributed by atoms with E-state index in [2.05, 4.69) is 22.6 Å². The van der Waals surface area contributed by atoms with Crippen LogP contribution in [0, 0.1) is 3.57 Å². The van der Waals surface area contributed by atoms with Crippen molar-refractivity contribution in [1.29, 1.82) is 0 Å². The van der Waals surface area contributed by atoms with Crippen LogP contribution in [0.5, 0.6) is 11.5 Å². The number of rotatable bonds is 8. The van der Waals surface area contributed by atoms with Crippen LogP contribution in [-0.4, -0.2) is 23.2 Å².